The highest BCUT2D eigenvalue weighted by Crippen LogP contribution is 2.27. The van der Waals surface area contributed by atoms with E-state index in [9.17, 15) is 5.11 Å². The summed E-state index contributed by atoms with van der Waals surface area (Å²) in [7, 11) is 0. The Kier molecular flexibility index (Phi) is 4.45. The number of aryl methyl sites for hydroxylation is 1. The molecule has 2 aromatic rings. The first-order chi connectivity index (χ1) is 9.49. The number of rotatable bonds is 5. The van der Waals surface area contributed by atoms with Crippen LogP contribution in [0.2, 0.25) is 0 Å². The fraction of sp³-hybridized carbons (Fsp3) is 0.438. The van der Waals surface area contributed by atoms with Crippen molar-refractivity contribution >= 4 is 0 Å². The highest BCUT2D eigenvalue weighted by Gasteiger charge is 2.11. The minimum Gasteiger partial charge on any atom is -0.487 e. The number of benzene rings is 1. The van der Waals surface area contributed by atoms with E-state index in [0.29, 0.717) is 12.6 Å². The van der Waals surface area contributed by atoms with E-state index in [2.05, 4.69) is 23.4 Å². The lowest BCUT2D eigenvalue weighted by molar-refractivity contribution is 0.189. The fourth-order valence-corrected chi connectivity index (χ4v) is 2.17. The van der Waals surface area contributed by atoms with Gasteiger partial charge in [0.05, 0.1) is 24.3 Å². The molecular formula is C16H22N2O2. The second kappa shape index (κ2) is 6.09. The van der Waals surface area contributed by atoms with Crippen LogP contribution in [0.15, 0.2) is 30.7 Å². The Morgan fingerprint density at radius 3 is 2.70 bits per heavy atom. The summed E-state index contributed by atoms with van der Waals surface area (Å²) in [5, 5.41) is 9.80. The molecular weight excluding hydrogens is 252 g/mol. The van der Waals surface area contributed by atoms with Crippen molar-refractivity contribution < 1.29 is 9.84 Å². The fourth-order valence-electron chi connectivity index (χ4n) is 2.17. The first-order valence-electron chi connectivity index (χ1n) is 6.91. The normalized spacial score (nSPS) is 12.7. The van der Waals surface area contributed by atoms with Crippen LogP contribution in [0.5, 0.6) is 5.75 Å². The SMILES string of the molecule is Cc1ccc(C(C)O)c(OCc2cncn2C(C)C)c1. The number of aliphatic hydroxyl groups is 1. The van der Waals surface area contributed by atoms with E-state index in [-0.39, 0.29) is 0 Å². The van der Waals surface area contributed by atoms with Crippen molar-refractivity contribution in [2.75, 3.05) is 0 Å². The number of aliphatic hydroxyl groups excluding tert-OH is 1. The van der Waals surface area contributed by atoms with Crippen LogP contribution >= 0.6 is 0 Å². The third kappa shape index (κ3) is 3.20. The largest absolute Gasteiger partial charge is 0.487 e. The zero-order valence-electron chi connectivity index (χ0n) is 12.5. The lowest BCUT2D eigenvalue weighted by Gasteiger charge is -2.16. The van der Waals surface area contributed by atoms with Crippen molar-refractivity contribution in [3.05, 3.63) is 47.5 Å². The number of nitrogens with zero attached hydrogens (tertiary/aromatic N) is 2. The number of hydrogen-bond donors (Lipinski definition) is 1. The molecule has 2 rings (SSSR count). The zero-order valence-corrected chi connectivity index (χ0v) is 12.5. The molecule has 0 bridgehead atoms. The number of ether oxygens (including phenoxy) is 1. The highest BCUT2D eigenvalue weighted by atomic mass is 16.5. The number of hydrogen-bond acceptors (Lipinski definition) is 3. The van der Waals surface area contributed by atoms with Gasteiger partial charge in [0, 0.05) is 11.6 Å². The summed E-state index contributed by atoms with van der Waals surface area (Å²) in [6.45, 7) is 8.42. The van der Waals surface area contributed by atoms with E-state index in [4.69, 9.17) is 4.74 Å². The Hall–Kier alpha value is -1.81. The van der Waals surface area contributed by atoms with Gasteiger partial charge in [-0.1, -0.05) is 12.1 Å². The average molecular weight is 274 g/mol. The van der Waals surface area contributed by atoms with Crippen LogP contribution in [0, 0.1) is 6.92 Å². The minimum absolute atomic E-state index is 0.352. The van der Waals surface area contributed by atoms with Crippen molar-refractivity contribution in [1.29, 1.82) is 0 Å². The molecule has 4 heteroatoms. The van der Waals surface area contributed by atoms with Crippen LogP contribution in [0.4, 0.5) is 0 Å². The molecule has 0 aliphatic carbocycles. The molecule has 4 nitrogen and oxygen atoms in total. The molecule has 0 aliphatic rings. The van der Waals surface area contributed by atoms with Gasteiger partial charge < -0.3 is 14.4 Å². The van der Waals surface area contributed by atoms with Crippen molar-refractivity contribution in [1.82, 2.24) is 9.55 Å². The molecule has 1 atom stereocenters. The Morgan fingerprint density at radius 1 is 1.30 bits per heavy atom. The summed E-state index contributed by atoms with van der Waals surface area (Å²) >= 11 is 0. The van der Waals surface area contributed by atoms with Crippen molar-refractivity contribution in [3.8, 4) is 5.75 Å². The molecule has 1 N–H and O–H groups in total. The third-order valence-corrected chi connectivity index (χ3v) is 3.30. The Bertz CT molecular complexity index is 574. The lowest BCUT2D eigenvalue weighted by Crippen LogP contribution is -2.08. The van der Waals surface area contributed by atoms with Crippen LogP contribution in [0.3, 0.4) is 0 Å². The molecule has 0 saturated heterocycles. The first-order valence-corrected chi connectivity index (χ1v) is 6.91. The van der Waals surface area contributed by atoms with Crippen molar-refractivity contribution in [3.63, 3.8) is 0 Å². The van der Waals surface area contributed by atoms with Crippen LogP contribution < -0.4 is 4.74 Å². The third-order valence-electron chi connectivity index (χ3n) is 3.30. The van der Waals surface area contributed by atoms with E-state index in [1.54, 1.807) is 6.92 Å². The molecule has 0 spiro atoms. The molecule has 0 saturated carbocycles. The van der Waals surface area contributed by atoms with Gasteiger partial charge in [0.25, 0.3) is 0 Å². The monoisotopic (exact) mass is 274 g/mol. The molecule has 0 aliphatic heterocycles. The van der Waals surface area contributed by atoms with Gasteiger partial charge in [-0.25, -0.2) is 4.98 Å². The Balaban J connectivity index is 2.18. The highest BCUT2D eigenvalue weighted by molar-refractivity contribution is 5.38. The summed E-state index contributed by atoms with van der Waals surface area (Å²) in [6, 6.07) is 6.20. The maximum Gasteiger partial charge on any atom is 0.130 e. The summed E-state index contributed by atoms with van der Waals surface area (Å²) in [5.41, 5.74) is 2.95. The van der Waals surface area contributed by atoms with Gasteiger partial charge in [0.1, 0.15) is 12.4 Å². The molecule has 1 aromatic carbocycles. The lowest BCUT2D eigenvalue weighted by atomic mass is 10.1. The van der Waals surface area contributed by atoms with Gasteiger partial charge >= 0.3 is 0 Å². The van der Waals surface area contributed by atoms with Gasteiger partial charge in [-0.3, -0.25) is 0 Å². The minimum atomic E-state index is -0.541. The molecule has 1 aromatic heterocycles. The van der Waals surface area contributed by atoms with Gasteiger partial charge in [-0.2, -0.15) is 0 Å². The number of imidazole rings is 1. The summed E-state index contributed by atoms with van der Waals surface area (Å²) < 4.78 is 7.97. The molecule has 0 fully saturated rings. The Labute approximate surface area is 120 Å². The van der Waals surface area contributed by atoms with E-state index < -0.39 is 6.10 Å². The predicted molar refractivity (Wildman–Crippen MR) is 78.8 cm³/mol. The van der Waals surface area contributed by atoms with Crippen molar-refractivity contribution in [2.45, 2.75) is 46.4 Å². The standard InChI is InChI=1S/C16H22N2O2/c1-11(2)18-10-17-8-14(18)9-20-16-7-12(3)5-6-15(16)13(4)19/h5-8,10-11,13,19H,9H2,1-4H3. The second-order valence-electron chi connectivity index (χ2n) is 5.39. The van der Waals surface area contributed by atoms with Gasteiger partial charge in [0.15, 0.2) is 0 Å². The smallest absolute Gasteiger partial charge is 0.130 e. The van der Waals surface area contributed by atoms with Gasteiger partial charge in [-0.15, -0.1) is 0 Å². The second-order valence-corrected chi connectivity index (χ2v) is 5.39. The summed E-state index contributed by atoms with van der Waals surface area (Å²) in [4.78, 5) is 4.16. The zero-order chi connectivity index (χ0) is 14.7. The van der Waals surface area contributed by atoms with Gasteiger partial charge in [-0.05, 0) is 39.3 Å². The number of aromatic nitrogens is 2. The van der Waals surface area contributed by atoms with Crippen molar-refractivity contribution in [2.24, 2.45) is 0 Å². The maximum atomic E-state index is 9.80. The quantitative estimate of drug-likeness (QED) is 0.909. The average Bonchev–Trinajstić information content (AvgIpc) is 2.84. The summed E-state index contributed by atoms with van der Waals surface area (Å²) in [6.07, 6.45) is 3.09. The van der Waals surface area contributed by atoms with Crippen LogP contribution in [-0.4, -0.2) is 14.7 Å². The first kappa shape index (κ1) is 14.6. The molecule has 0 amide bonds. The van der Waals surface area contributed by atoms with Gasteiger partial charge in [0.2, 0.25) is 0 Å². The van der Waals surface area contributed by atoms with Crippen LogP contribution in [0.1, 0.15) is 49.7 Å². The molecule has 108 valence electrons. The Morgan fingerprint density at radius 2 is 2.05 bits per heavy atom. The maximum absolute atomic E-state index is 9.80. The van der Waals surface area contributed by atoms with E-state index in [1.807, 2.05) is 37.6 Å². The van der Waals surface area contributed by atoms with E-state index >= 15 is 0 Å². The topological polar surface area (TPSA) is 47.3 Å². The predicted octanol–water partition coefficient (Wildman–Crippen LogP) is 3.40. The molecule has 1 unspecified atom stereocenters. The van der Waals surface area contributed by atoms with Crippen LogP contribution in [0.25, 0.3) is 0 Å². The molecule has 1 heterocycles. The van der Waals surface area contributed by atoms with Crippen LogP contribution in [-0.2, 0) is 6.61 Å². The molecule has 20 heavy (non-hydrogen) atoms. The van der Waals surface area contributed by atoms with E-state index in [1.165, 1.54) is 0 Å². The van der Waals surface area contributed by atoms with E-state index in [0.717, 1.165) is 22.6 Å². The molecule has 0 radical (unpaired) electrons. The summed E-state index contributed by atoms with van der Waals surface area (Å²) in [5.74, 6) is 0.733.